The second kappa shape index (κ2) is 7.00. The molecule has 0 unspecified atom stereocenters. The van der Waals surface area contributed by atoms with Crippen LogP contribution in [0.1, 0.15) is 5.56 Å². The molecule has 2 amide bonds. The van der Waals surface area contributed by atoms with E-state index in [1.807, 2.05) is 0 Å². The zero-order chi connectivity index (χ0) is 20.0. The van der Waals surface area contributed by atoms with Gasteiger partial charge in [0.25, 0.3) is 5.91 Å². The van der Waals surface area contributed by atoms with E-state index in [9.17, 15) is 9.59 Å². The van der Waals surface area contributed by atoms with Crippen molar-refractivity contribution in [3.8, 4) is 11.5 Å². The molecule has 0 saturated carbocycles. The van der Waals surface area contributed by atoms with E-state index in [-0.39, 0.29) is 10.7 Å². The van der Waals surface area contributed by atoms with Crippen LogP contribution in [0.5, 0.6) is 11.5 Å². The minimum absolute atomic E-state index is 0.190. The van der Waals surface area contributed by atoms with Crippen LogP contribution in [0, 0.1) is 5.92 Å². The number of fused-ring (bicyclic) bond motifs is 1. The highest BCUT2D eigenvalue weighted by atomic mass is 35.5. The van der Waals surface area contributed by atoms with E-state index in [1.165, 1.54) is 26.4 Å². The summed E-state index contributed by atoms with van der Waals surface area (Å²) in [4.78, 5) is 32.3. The van der Waals surface area contributed by atoms with Gasteiger partial charge < -0.3 is 14.3 Å². The molecule has 0 N–H and O–H groups in total. The van der Waals surface area contributed by atoms with Crippen molar-refractivity contribution in [3.05, 3.63) is 52.0 Å². The molecule has 2 aromatic rings. The fourth-order valence-electron chi connectivity index (χ4n) is 3.31. The highest BCUT2D eigenvalue weighted by Crippen LogP contribution is 2.40. The molecule has 0 radical (unpaired) electrons. The molecule has 9 heteroatoms. The lowest BCUT2D eigenvalue weighted by Crippen LogP contribution is -2.33. The van der Waals surface area contributed by atoms with Gasteiger partial charge in [-0.25, -0.2) is 4.90 Å². The number of amides is 2. The van der Waals surface area contributed by atoms with Gasteiger partial charge in [-0.05, 0) is 30.3 Å². The zero-order valence-corrected chi connectivity index (χ0v) is 16.3. The second-order valence-electron chi connectivity index (χ2n) is 6.15. The minimum Gasteiger partial charge on any atom is -0.497 e. The average Bonchev–Trinajstić information content (AvgIpc) is 3.22. The van der Waals surface area contributed by atoms with Crippen molar-refractivity contribution in [1.29, 1.82) is 0 Å². The summed E-state index contributed by atoms with van der Waals surface area (Å²) < 4.78 is 10.6. The number of hydrogen-bond donors (Lipinski definition) is 0. The van der Waals surface area contributed by atoms with Crippen LogP contribution >= 0.6 is 23.2 Å². The number of imide groups is 1. The van der Waals surface area contributed by atoms with E-state index in [2.05, 4.69) is 5.16 Å². The van der Waals surface area contributed by atoms with Crippen molar-refractivity contribution in [2.24, 2.45) is 11.1 Å². The van der Waals surface area contributed by atoms with Gasteiger partial charge in [0.05, 0.1) is 24.9 Å². The van der Waals surface area contributed by atoms with Crippen molar-refractivity contribution in [2.45, 2.75) is 6.10 Å². The van der Waals surface area contributed by atoms with Gasteiger partial charge in [-0.3, -0.25) is 9.59 Å². The van der Waals surface area contributed by atoms with Crippen LogP contribution in [-0.2, 0) is 14.4 Å². The van der Waals surface area contributed by atoms with Gasteiger partial charge in [-0.15, -0.1) is 0 Å². The van der Waals surface area contributed by atoms with Crippen LogP contribution in [0.4, 0.5) is 5.69 Å². The Hall–Kier alpha value is -2.77. The monoisotopic (exact) mass is 420 g/mol. The smallest absolute Gasteiger partial charge is 0.279 e. The number of ether oxygens (including phenoxy) is 2. The molecule has 2 aliphatic rings. The summed E-state index contributed by atoms with van der Waals surface area (Å²) in [6.45, 7) is 0. The van der Waals surface area contributed by atoms with Crippen molar-refractivity contribution in [2.75, 3.05) is 19.1 Å². The Balaban J connectivity index is 1.73. The van der Waals surface area contributed by atoms with E-state index in [0.717, 1.165) is 4.90 Å². The van der Waals surface area contributed by atoms with Crippen molar-refractivity contribution < 1.29 is 23.9 Å². The van der Waals surface area contributed by atoms with Crippen molar-refractivity contribution in [3.63, 3.8) is 0 Å². The minimum atomic E-state index is -1.05. The van der Waals surface area contributed by atoms with E-state index in [1.54, 1.807) is 24.3 Å². The lowest BCUT2D eigenvalue weighted by molar-refractivity contribution is -0.126. The Bertz CT molecular complexity index is 1020. The van der Waals surface area contributed by atoms with Crippen LogP contribution in [0.25, 0.3) is 0 Å². The standard InChI is InChI=1S/C19H14Cl2N2O5/c1-26-10-4-5-11(14(8-10)27-2)16-15-17(28-22-16)19(25)23(18(15)24)13-6-3-9(20)7-12(13)21/h3-8,15,17H,1-2H3/t15-,17-/m0/s1. The molecule has 1 saturated heterocycles. The van der Waals surface area contributed by atoms with Gasteiger partial charge in [0.1, 0.15) is 23.1 Å². The number of halogens is 2. The number of carbonyl (C=O) groups excluding carboxylic acids is 2. The number of hydrogen-bond acceptors (Lipinski definition) is 6. The maximum absolute atomic E-state index is 13.1. The SMILES string of the molecule is COc1ccc(C2=NO[C@@H]3C(=O)N(c4ccc(Cl)cc4Cl)C(=O)[C@@H]23)c(OC)c1. The summed E-state index contributed by atoms with van der Waals surface area (Å²) in [5, 5.41) is 4.58. The number of methoxy groups -OCH3 is 2. The van der Waals surface area contributed by atoms with Crippen LogP contribution in [0.15, 0.2) is 41.6 Å². The van der Waals surface area contributed by atoms with E-state index < -0.39 is 23.8 Å². The van der Waals surface area contributed by atoms with Crippen LogP contribution in [0.2, 0.25) is 10.0 Å². The molecule has 0 bridgehead atoms. The first-order valence-corrected chi connectivity index (χ1v) is 9.01. The molecule has 7 nitrogen and oxygen atoms in total. The largest absolute Gasteiger partial charge is 0.497 e. The van der Waals surface area contributed by atoms with Crippen molar-refractivity contribution in [1.82, 2.24) is 0 Å². The van der Waals surface area contributed by atoms with Gasteiger partial charge in [0, 0.05) is 16.7 Å². The molecule has 0 aromatic heterocycles. The summed E-state index contributed by atoms with van der Waals surface area (Å²) >= 11 is 12.1. The molecule has 1 fully saturated rings. The third kappa shape index (κ3) is 2.78. The molecule has 0 spiro atoms. The van der Waals surface area contributed by atoms with Gasteiger partial charge in [-0.2, -0.15) is 0 Å². The van der Waals surface area contributed by atoms with Gasteiger partial charge in [0.15, 0.2) is 0 Å². The van der Waals surface area contributed by atoms with E-state index in [0.29, 0.717) is 27.8 Å². The summed E-state index contributed by atoms with van der Waals surface area (Å²) in [5.41, 5.74) is 1.11. The molecule has 28 heavy (non-hydrogen) atoms. The Labute approximate surface area is 170 Å². The molecule has 2 atom stereocenters. The molecule has 144 valence electrons. The number of anilines is 1. The number of nitrogens with zero attached hydrogens (tertiary/aromatic N) is 2. The Morgan fingerprint density at radius 3 is 2.50 bits per heavy atom. The van der Waals surface area contributed by atoms with Gasteiger partial charge >= 0.3 is 0 Å². The summed E-state index contributed by atoms with van der Waals surface area (Å²) in [7, 11) is 3.03. The molecular formula is C19H14Cl2N2O5. The quantitative estimate of drug-likeness (QED) is 0.709. The molecule has 0 aliphatic carbocycles. The van der Waals surface area contributed by atoms with Crippen LogP contribution in [-0.4, -0.2) is 37.8 Å². The summed E-state index contributed by atoms with van der Waals surface area (Å²) in [6.07, 6.45) is -1.05. The van der Waals surface area contributed by atoms with Crippen molar-refractivity contribution >= 4 is 46.4 Å². The Kier molecular flexibility index (Phi) is 4.64. The normalized spacial score (nSPS) is 20.7. The lowest BCUT2D eigenvalue weighted by Gasteiger charge is -2.17. The first kappa shape index (κ1) is 18.6. The molecule has 2 aliphatic heterocycles. The summed E-state index contributed by atoms with van der Waals surface area (Å²) in [6, 6.07) is 9.63. The fraction of sp³-hybridized carbons (Fsp3) is 0.211. The fourth-order valence-corrected chi connectivity index (χ4v) is 3.80. The van der Waals surface area contributed by atoms with E-state index in [4.69, 9.17) is 37.5 Å². The van der Waals surface area contributed by atoms with Gasteiger partial charge in [-0.1, -0.05) is 28.4 Å². The highest BCUT2D eigenvalue weighted by Gasteiger charge is 2.56. The number of rotatable bonds is 4. The Morgan fingerprint density at radius 2 is 1.82 bits per heavy atom. The first-order valence-electron chi connectivity index (χ1n) is 8.25. The third-order valence-electron chi connectivity index (χ3n) is 4.65. The molecule has 2 aromatic carbocycles. The number of benzene rings is 2. The predicted molar refractivity (Wildman–Crippen MR) is 103 cm³/mol. The number of carbonyl (C=O) groups is 2. The maximum atomic E-state index is 13.1. The Morgan fingerprint density at radius 1 is 1.04 bits per heavy atom. The molecule has 2 heterocycles. The van der Waals surface area contributed by atoms with Crippen LogP contribution < -0.4 is 14.4 Å². The van der Waals surface area contributed by atoms with Crippen LogP contribution in [0.3, 0.4) is 0 Å². The van der Waals surface area contributed by atoms with Gasteiger partial charge in [0.2, 0.25) is 12.0 Å². The molecular weight excluding hydrogens is 407 g/mol. The maximum Gasteiger partial charge on any atom is 0.279 e. The van der Waals surface area contributed by atoms with E-state index >= 15 is 0 Å². The highest BCUT2D eigenvalue weighted by molar-refractivity contribution is 6.40. The zero-order valence-electron chi connectivity index (χ0n) is 14.8. The summed E-state index contributed by atoms with van der Waals surface area (Å²) in [5.74, 6) is -0.883. The molecule has 4 rings (SSSR count). The third-order valence-corrected chi connectivity index (χ3v) is 5.19. The predicted octanol–water partition coefficient (Wildman–Crippen LogP) is 3.30. The lowest BCUT2D eigenvalue weighted by atomic mass is 9.93. The first-order chi connectivity index (χ1) is 13.5. The average molecular weight is 421 g/mol. The second-order valence-corrected chi connectivity index (χ2v) is 7.00. The topological polar surface area (TPSA) is 77.4 Å². The number of oxime groups is 1.